The van der Waals surface area contributed by atoms with Crippen LogP contribution in [0, 0.1) is 0 Å². The molecule has 110 valence electrons. The van der Waals surface area contributed by atoms with Crippen LogP contribution in [0.2, 0.25) is 5.02 Å². The fourth-order valence-electron chi connectivity index (χ4n) is 1.77. The van der Waals surface area contributed by atoms with E-state index in [0.29, 0.717) is 11.6 Å². The van der Waals surface area contributed by atoms with Gasteiger partial charge in [0.1, 0.15) is 0 Å². The predicted octanol–water partition coefficient (Wildman–Crippen LogP) is 2.91. The van der Waals surface area contributed by atoms with Crippen LogP contribution in [-0.4, -0.2) is 35.1 Å². The summed E-state index contributed by atoms with van der Waals surface area (Å²) in [6.07, 6.45) is -0.0627. The number of carboxylic acid groups (broad SMARTS) is 1. The highest BCUT2D eigenvalue weighted by molar-refractivity contribution is 6.30. The molecule has 0 fully saturated rings. The van der Waals surface area contributed by atoms with Crippen molar-refractivity contribution in [2.24, 2.45) is 0 Å². The number of nitrogens with zero attached hydrogens (tertiary/aromatic N) is 1. The Kier molecular flexibility index (Phi) is 6.31. The van der Waals surface area contributed by atoms with Crippen LogP contribution < -0.4 is 5.32 Å². The zero-order chi connectivity index (χ0) is 15.1. The normalized spacial score (nSPS) is 11.8. The number of hydrogen-bond acceptors (Lipinski definition) is 2. The van der Waals surface area contributed by atoms with E-state index < -0.39 is 5.97 Å². The van der Waals surface area contributed by atoms with Gasteiger partial charge < -0.3 is 15.3 Å². The van der Waals surface area contributed by atoms with Crippen molar-refractivity contribution in [2.45, 2.75) is 26.3 Å². The fourth-order valence-corrected chi connectivity index (χ4v) is 1.97. The number of carbonyl (C=O) groups is 2. The van der Waals surface area contributed by atoms with Gasteiger partial charge in [0.15, 0.2) is 0 Å². The number of carbonyl (C=O) groups excluding carboxylic acids is 1. The maximum Gasteiger partial charge on any atom is 0.317 e. The van der Waals surface area contributed by atoms with E-state index in [-0.39, 0.29) is 25.0 Å². The van der Waals surface area contributed by atoms with Crippen molar-refractivity contribution in [1.82, 2.24) is 10.2 Å². The molecule has 6 heteroatoms. The SMILES string of the molecule is CCN(CCC(=O)O)C(=O)NC(C)c1cccc(Cl)c1. The van der Waals surface area contributed by atoms with Gasteiger partial charge in [-0.3, -0.25) is 4.79 Å². The second-order valence-electron chi connectivity index (χ2n) is 4.45. The third-order valence-corrected chi connectivity index (χ3v) is 3.19. The van der Waals surface area contributed by atoms with Crippen molar-refractivity contribution in [2.75, 3.05) is 13.1 Å². The zero-order valence-corrected chi connectivity index (χ0v) is 12.4. The second-order valence-corrected chi connectivity index (χ2v) is 4.89. The monoisotopic (exact) mass is 298 g/mol. The van der Waals surface area contributed by atoms with Crippen molar-refractivity contribution in [3.8, 4) is 0 Å². The molecule has 0 aromatic heterocycles. The molecule has 0 radical (unpaired) electrons. The van der Waals surface area contributed by atoms with E-state index in [2.05, 4.69) is 5.32 Å². The third-order valence-electron chi connectivity index (χ3n) is 2.95. The lowest BCUT2D eigenvalue weighted by molar-refractivity contribution is -0.137. The Labute approximate surface area is 123 Å². The van der Waals surface area contributed by atoms with Crippen LogP contribution in [0.4, 0.5) is 4.79 Å². The van der Waals surface area contributed by atoms with Crippen molar-refractivity contribution < 1.29 is 14.7 Å². The van der Waals surface area contributed by atoms with Crippen molar-refractivity contribution >= 4 is 23.6 Å². The Balaban J connectivity index is 2.61. The van der Waals surface area contributed by atoms with E-state index in [1.165, 1.54) is 4.90 Å². The quantitative estimate of drug-likeness (QED) is 0.848. The molecule has 1 aromatic carbocycles. The molecule has 0 spiro atoms. The van der Waals surface area contributed by atoms with E-state index in [0.717, 1.165) is 5.56 Å². The lowest BCUT2D eigenvalue weighted by atomic mass is 10.1. The minimum absolute atomic E-state index is 0.0627. The van der Waals surface area contributed by atoms with Gasteiger partial charge in [0, 0.05) is 18.1 Å². The molecule has 20 heavy (non-hydrogen) atoms. The molecule has 2 amide bonds. The molecule has 1 aromatic rings. The molecule has 1 unspecified atom stereocenters. The van der Waals surface area contributed by atoms with Gasteiger partial charge in [-0.15, -0.1) is 0 Å². The maximum atomic E-state index is 12.0. The first-order valence-corrected chi connectivity index (χ1v) is 6.84. The van der Waals surface area contributed by atoms with E-state index >= 15 is 0 Å². The Morgan fingerprint density at radius 3 is 2.70 bits per heavy atom. The number of aliphatic carboxylic acids is 1. The largest absolute Gasteiger partial charge is 0.481 e. The summed E-state index contributed by atoms with van der Waals surface area (Å²) < 4.78 is 0. The third kappa shape index (κ3) is 5.09. The molecule has 0 saturated heterocycles. The van der Waals surface area contributed by atoms with Crippen LogP contribution >= 0.6 is 11.6 Å². The topological polar surface area (TPSA) is 69.6 Å². The highest BCUT2D eigenvalue weighted by Crippen LogP contribution is 2.17. The molecule has 1 rings (SSSR count). The number of amides is 2. The van der Waals surface area contributed by atoms with Gasteiger partial charge in [0.05, 0.1) is 12.5 Å². The smallest absolute Gasteiger partial charge is 0.317 e. The average Bonchev–Trinajstić information content (AvgIpc) is 2.39. The van der Waals surface area contributed by atoms with Crippen LogP contribution in [0.3, 0.4) is 0 Å². The highest BCUT2D eigenvalue weighted by atomic mass is 35.5. The lowest BCUT2D eigenvalue weighted by Gasteiger charge is -2.23. The fraction of sp³-hybridized carbons (Fsp3) is 0.429. The van der Waals surface area contributed by atoms with Gasteiger partial charge >= 0.3 is 12.0 Å². The van der Waals surface area contributed by atoms with Gasteiger partial charge in [-0.2, -0.15) is 0 Å². The minimum Gasteiger partial charge on any atom is -0.481 e. The van der Waals surface area contributed by atoms with Gasteiger partial charge in [0.2, 0.25) is 0 Å². The highest BCUT2D eigenvalue weighted by Gasteiger charge is 2.16. The van der Waals surface area contributed by atoms with Crippen molar-refractivity contribution in [1.29, 1.82) is 0 Å². The van der Waals surface area contributed by atoms with Crippen LogP contribution in [0.25, 0.3) is 0 Å². The van der Waals surface area contributed by atoms with Gasteiger partial charge in [-0.05, 0) is 31.5 Å². The summed E-state index contributed by atoms with van der Waals surface area (Å²) in [5, 5.41) is 12.1. The summed E-state index contributed by atoms with van der Waals surface area (Å²) in [6.45, 7) is 4.32. The summed E-state index contributed by atoms with van der Waals surface area (Å²) in [7, 11) is 0. The van der Waals surface area contributed by atoms with Crippen LogP contribution in [0.1, 0.15) is 31.9 Å². The number of nitrogens with one attached hydrogen (secondary N) is 1. The molecule has 0 aliphatic carbocycles. The number of benzene rings is 1. The molecule has 0 aliphatic rings. The number of urea groups is 1. The van der Waals surface area contributed by atoms with Crippen LogP contribution in [-0.2, 0) is 4.79 Å². The van der Waals surface area contributed by atoms with E-state index in [1.807, 2.05) is 26.0 Å². The summed E-state index contributed by atoms with van der Waals surface area (Å²) in [6, 6.07) is 6.79. The maximum absolute atomic E-state index is 12.0. The molecule has 2 N–H and O–H groups in total. The number of halogens is 1. The molecular formula is C14H19ClN2O3. The standard InChI is InChI=1S/C14H19ClN2O3/c1-3-17(8-7-13(18)19)14(20)16-10(2)11-5-4-6-12(15)9-11/h4-6,9-10H,3,7-8H2,1-2H3,(H,16,20)(H,18,19). The van der Waals surface area contributed by atoms with Crippen LogP contribution in [0.5, 0.6) is 0 Å². The molecule has 0 aliphatic heterocycles. The average molecular weight is 299 g/mol. The summed E-state index contributed by atoms with van der Waals surface area (Å²) in [5.74, 6) is -0.917. The van der Waals surface area contributed by atoms with E-state index in [9.17, 15) is 9.59 Å². The molecule has 5 nitrogen and oxygen atoms in total. The van der Waals surface area contributed by atoms with Crippen molar-refractivity contribution in [3.05, 3.63) is 34.9 Å². The minimum atomic E-state index is -0.917. The zero-order valence-electron chi connectivity index (χ0n) is 11.6. The number of hydrogen-bond donors (Lipinski definition) is 2. The Bertz CT molecular complexity index is 479. The van der Waals surface area contributed by atoms with Gasteiger partial charge in [0.25, 0.3) is 0 Å². The number of carboxylic acids is 1. The Morgan fingerprint density at radius 1 is 1.45 bits per heavy atom. The molecule has 1 atom stereocenters. The van der Waals surface area contributed by atoms with E-state index in [1.54, 1.807) is 12.1 Å². The van der Waals surface area contributed by atoms with Gasteiger partial charge in [-0.25, -0.2) is 4.79 Å². The second kappa shape index (κ2) is 7.75. The molecule has 0 bridgehead atoms. The predicted molar refractivity (Wildman–Crippen MR) is 77.9 cm³/mol. The Morgan fingerprint density at radius 2 is 2.15 bits per heavy atom. The summed E-state index contributed by atoms with van der Waals surface area (Å²) >= 11 is 5.91. The Hall–Kier alpha value is -1.75. The van der Waals surface area contributed by atoms with Gasteiger partial charge in [-0.1, -0.05) is 23.7 Å². The first kappa shape index (κ1) is 16.3. The molecule has 0 heterocycles. The van der Waals surface area contributed by atoms with Crippen LogP contribution in [0.15, 0.2) is 24.3 Å². The summed E-state index contributed by atoms with van der Waals surface area (Å²) in [5.41, 5.74) is 0.903. The molecule has 0 saturated carbocycles. The number of rotatable bonds is 6. The molecular weight excluding hydrogens is 280 g/mol. The summed E-state index contributed by atoms with van der Waals surface area (Å²) in [4.78, 5) is 24.1. The lowest BCUT2D eigenvalue weighted by Crippen LogP contribution is -2.41. The first-order valence-electron chi connectivity index (χ1n) is 6.46. The van der Waals surface area contributed by atoms with Crippen molar-refractivity contribution in [3.63, 3.8) is 0 Å². The first-order chi connectivity index (χ1) is 9.43. The van der Waals surface area contributed by atoms with E-state index in [4.69, 9.17) is 16.7 Å².